The lowest BCUT2D eigenvalue weighted by Crippen LogP contribution is -2.29. The summed E-state index contributed by atoms with van der Waals surface area (Å²) in [6.45, 7) is 2.11. The highest BCUT2D eigenvalue weighted by atomic mass is 35.5. The van der Waals surface area contributed by atoms with E-state index in [4.69, 9.17) is 23.2 Å². The van der Waals surface area contributed by atoms with E-state index in [0.717, 1.165) is 17.0 Å². The normalized spacial score (nSPS) is 12.4. The molecule has 168 valence electrons. The first-order valence-electron chi connectivity index (χ1n) is 9.53. The molecule has 0 spiro atoms. The third kappa shape index (κ3) is 6.85. The molecule has 0 fully saturated rings. The van der Waals surface area contributed by atoms with Crippen LogP contribution >= 0.6 is 35.0 Å². The minimum atomic E-state index is -4.39. The standard InChI is InChI=1S/C22H18Cl2F3N3OS/c1-13(9-14-3-2-4-15(10-14)22(25,26)27)12-28-20(31)18-11-19(24)29-30-21(18)32-17-7-5-16(23)6-8-17/h2-8,10-11,13H,9,12H2,1H3,(H,28,31). The minimum Gasteiger partial charge on any atom is -0.352 e. The maximum Gasteiger partial charge on any atom is 0.416 e. The van der Waals surface area contributed by atoms with Crippen molar-refractivity contribution in [2.75, 3.05) is 6.54 Å². The van der Waals surface area contributed by atoms with Crippen LogP contribution in [0.15, 0.2) is 64.5 Å². The molecular weight excluding hydrogens is 482 g/mol. The summed E-state index contributed by atoms with van der Waals surface area (Å²) in [5, 5.41) is 11.7. The predicted octanol–water partition coefficient (Wildman–Crippen LogP) is 6.56. The second-order valence-electron chi connectivity index (χ2n) is 7.16. The first-order valence-corrected chi connectivity index (χ1v) is 11.1. The molecule has 1 aromatic heterocycles. The Labute approximate surface area is 197 Å². The third-order valence-corrected chi connectivity index (χ3v) is 5.89. The quantitative estimate of drug-likeness (QED) is 0.399. The van der Waals surface area contributed by atoms with Crippen molar-refractivity contribution in [1.29, 1.82) is 0 Å². The predicted molar refractivity (Wildman–Crippen MR) is 119 cm³/mol. The van der Waals surface area contributed by atoms with Crippen LogP contribution in [0.25, 0.3) is 0 Å². The molecular formula is C22H18Cl2F3N3OS. The van der Waals surface area contributed by atoms with Crippen LogP contribution in [0.2, 0.25) is 10.2 Å². The van der Waals surface area contributed by atoms with Crippen LogP contribution in [0.3, 0.4) is 0 Å². The number of carbonyl (C=O) groups is 1. The molecule has 3 rings (SSSR count). The molecule has 2 aromatic carbocycles. The number of nitrogens with one attached hydrogen (secondary N) is 1. The van der Waals surface area contributed by atoms with Gasteiger partial charge in [0.2, 0.25) is 0 Å². The number of amides is 1. The van der Waals surface area contributed by atoms with Crippen molar-refractivity contribution in [3.8, 4) is 0 Å². The molecule has 1 unspecified atom stereocenters. The van der Waals surface area contributed by atoms with Crippen molar-refractivity contribution < 1.29 is 18.0 Å². The van der Waals surface area contributed by atoms with Gasteiger partial charge in [-0.15, -0.1) is 10.2 Å². The molecule has 1 amide bonds. The zero-order valence-electron chi connectivity index (χ0n) is 16.8. The topological polar surface area (TPSA) is 54.9 Å². The maximum absolute atomic E-state index is 12.9. The molecule has 0 radical (unpaired) electrons. The van der Waals surface area contributed by atoms with Crippen molar-refractivity contribution in [1.82, 2.24) is 15.5 Å². The molecule has 0 aliphatic rings. The summed E-state index contributed by atoms with van der Waals surface area (Å²) in [5.74, 6) is -0.491. The Morgan fingerprint density at radius 2 is 1.81 bits per heavy atom. The van der Waals surface area contributed by atoms with Gasteiger partial charge in [0.05, 0.1) is 11.1 Å². The SMILES string of the molecule is CC(CNC(=O)c1cc(Cl)nnc1Sc1ccc(Cl)cc1)Cc1cccc(C(F)(F)F)c1. The highest BCUT2D eigenvalue weighted by molar-refractivity contribution is 7.99. The largest absolute Gasteiger partial charge is 0.416 e. The molecule has 10 heteroatoms. The van der Waals surface area contributed by atoms with Crippen LogP contribution in [0.5, 0.6) is 0 Å². The van der Waals surface area contributed by atoms with Gasteiger partial charge in [-0.05, 0) is 54.3 Å². The van der Waals surface area contributed by atoms with Crippen molar-refractivity contribution in [3.63, 3.8) is 0 Å². The summed E-state index contributed by atoms with van der Waals surface area (Å²) >= 11 is 13.1. The first kappa shape index (κ1) is 24.4. The van der Waals surface area contributed by atoms with E-state index in [1.165, 1.54) is 23.9 Å². The van der Waals surface area contributed by atoms with Crippen LogP contribution in [0.1, 0.15) is 28.4 Å². The second-order valence-corrected chi connectivity index (χ2v) is 9.05. The van der Waals surface area contributed by atoms with Gasteiger partial charge < -0.3 is 5.32 Å². The molecule has 3 aromatic rings. The Morgan fingerprint density at radius 3 is 2.50 bits per heavy atom. The Bertz CT molecular complexity index is 1090. The molecule has 1 N–H and O–H groups in total. The number of nitrogens with zero attached hydrogens (tertiary/aromatic N) is 2. The second kappa shape index (κ2) is 10.6. The van der Waals surface area contributed by atoms with Crippen LogP contribution in [-0.4, -0.2) is 22.6 Å². The number of rotatable bonds is 7. The monoisotopic (exact) mass is 499 g/mol. The van der Waals surface area contributed by atoms with Crippen molar-refractivity contribution in [3.05, 3.63) is 81.5 Å². The average Bonchev–Trinajstić information content (AvgIpc) is 2.74. The summed E-state index contributed by atoms with van der Waals surface area (Å²) in [5.41, 5.74) is 0.123. The van der Waals surface area contributed by atoms with Gasteiger partial charge in [0, 0.05) is 16.5 Å². The van der Waals surface area contributed by atoms with Gasteiger partial charge in [-0.2, -0.15) is 13.2 Å². The van der Waals surface area contributed by atoms with Gasteiger partial charge in [-0.1, -0.05) is 60.1 Å². The summed E-state index contributed by atoms with van der Waals surface area (Å²) in [7, 11) is 0. The number of halogens is 5. The van der Waals surface area contributed by atoms with Gasteiger partial charge in [-0.25, -0.2) is 0 Å². The summed E-state index contributed by atoms with van der Waals surface area (Å²) in [6.07, 6.45) is -4.01. The molecule has 0 aliphatic carbocycles. The van der Waals surface area contributed by atoms with Crippen molar-refractivity contribution >= 4 is 40.9 Å². The Balaban J connectivity index is 1.65. The number of hydrogen-bond acceptors (Lipinski definition) is 4. The Kier molecular flexibility index (Phi) is 8.03. The smallest absolute Gasteiger partial charge is 0.352 e. The van der Waals surface area contributed by atoms with Crippen LogP contribution < -0.4 is 5.32 Å². The lowest BCUT2D eigenvalue weighted by molar-refractivity contribution is -0.137. The summed E-state index contributed by atoms with van der Waals surface area (Å²) in [4.78, 5) is 13.6. The van der Waals surface area contributed by atoms with E-state index in [-0.39, 0.29) is 23.2 Å². The third-order valence-electron chi connectivity index (χ3n) is 4.45. The fourth-order valence-electron chi connectivity index (χ4n) is 2.92. The maximum atomic E-state index is 12.9. The molecule has 1 atom stereocenters. The highest BCUT2D eigenvalue weighted by Crippen LogP contribution is 2.31. The fourth-order valence-corrected chi connectivity index (χ4v) is 4.03. The van der Waals surface area contributed by atoms with Gasteiger partial charge in [0.15, 0.2) is 5.15 Å². The molecule has 0 saturated carbocycles. The number of aromatic nitrogens is 2. The number of alkyl halides is 3. The molecule has 32 heavy (non-hydrogen) atoms. The lowest BCUT2D eigenvalue weighted by atomic mass is 9.99. The van der Waals surface area contributed by atoms with Crippen LogP contribution in [0.4, 0.5) is 13.2 Å². The average molecular weight is 500 g/mol. The Morgan fingerprint density at radius 1 is 1.09 bits per heavy atom. The van der Waals surface area contributed by atoms with Crippen LogP contribution in [0, 0.1) is 5.92 Å². The van der Waals surface area contributed by atoms with E-state index >= 15 is 0 Å². The van der Waals surface area contributed by atoms with Crippen molar-refractivity contribution in [2.24, 2.45) is 5.92 Å². The van der Waals surface area contributed by atoms with Gasteiger partial charge in [0.1, 0.15) is 5.03 Å². The number of carbonyl (C=O) groups excluding carboxylic acids is 1. The first-order chi connectivity index (χ1) is 15.1. The van der Waals surface area contributed by atoms with E-state index in [2.05, 4.69) is 15.5 Å². The van der Waals surface area contributed by atoms with E-state index in [1.807, 2.05) is 6.92 Å². The zero-order chi connectivity index (χ0) is 23.3. The molecule has 0 bridgehead atoms. The van der Waals surface area contributed by atoms with E-state index in [0.29, 0.717) is 22.0 Å². The van der Waals surface area contributed by atoms with E-state index < -0.39 is 17.6 Å². The fraction of sp³-hybridized carbons (Fsp3) is 0.227. The molecule has 0 saturated heterocycles. The van der Waals surface area contributed by atoms with Gasteiger partial charge in [0.25, 0.3) is 5.91 Å². The minimum absolute atomic E-state index is 0.0765. The van der Waals surface area contributed by atoms with Gasteiger partial charge >= 0.3 is 6.18 Å². The molecule has 0 aliphatic heterocycles. The number of benzene rings is 2. The van der Waals surface area contributed by atoms with Gasteiger partial charge in [-0.3, -0.25) is 4.79 Å². The highest BCUT2D eigenvalue weighted by Gasteiger charge is 2.30. The lowest BCUT2D eigenvalue weighted by Gasteiger charge is -2.15. The van der Waals surface area contributed by atoms with Crippen molar-refractivity contribution in [2.45, 2.75) is 29.4 Å². The number of hydrogen-bond donors (Lipinski definition) is 1. The molecule has 4 nitrogen and oxygen atoms in total. The molecule has 1 heterocycles. The zero-order valence-corrected chi connectivity index (χ0v) is 19.1. The van der Waals surface area contributed by atoms with E-state index in [1.54, 1.807) is 30.3 Å². The summed E-state index contributed by atoms with van der Waals surface area (Å²) < 4.78 is 38.7. The summed E-state index contributed by atoms with van der Waals surface area (Å²) in [6, 6.07) is 13.7. The Hall–Kier alpha value is -2.29. The van der Waals surface area contributed by atoms with E-state index in [9.17, 15) is 18.0 Å². The van der Waals surface area contributed by atoms with Crippen LogP contribution in [-0.2, 0) is 12.6 Å².